The number of ether oxygens (including phenoxy) is 1. The van der Waals surface area contributed by atoms with Gasteiger partial charge in [-0.25, -0.2) is 0 Å². The number of carboxylic acids is 1. The van der Waals surface area contributed by atoms with E-state index in [2.05, 4.69) is 4.90 Å². The van der Waals surface area contributed by atoms with E-state index in [-0.39, 0.29) is 0 Å². The van der Waals surface area contributed by atoms with Crippen LogP contribution in [0.3, 0.4) is 0 Å². The maximum Gasteiger partial charge on any atom is 0.323 e. The first-order valence-corrected chi connectivity index (χ1v) is 6.32. The fraction of sp³-hybridized carbons (Fsp3) is 0.917. The first-order valence-electron chi connectivity index (χ1n) is 6.32. The quantitative estimate of drug-likeness (QED) is 0.760. The minimum absolute atomic E-state index is 0.364. The Labute approximate surface area is 95.6 Å². The van der Waals surface area contributed by atoms with Crippen LogP contribution in [0.25, 0.3) is 0 Å². The van der Waals surface area contributed by atoms with Crippen molar-refractivity contribution in [2.24, 2.45) is 11.8 Å². The van der Waals surface area contributed by atoms with Crippen LogP contribution in [0, 0.1) is 11.8 Å². The smallest absolute Gasteiger partial charge is 0.323 e. The monoisotopic (exact) mass is 225 g/mol. The molecule has 90 valence electrons. The highest BCUT2D eigenvalue weighted by molar-refractivity contribution is 5.73. The highest BCUT2D eigenvalue weighted by atomic mass is 16.5. The van der Waals surface area contributed by atoms with Crippen LogP contribution in [0.15, 0.2) is 0 Å². The summed E-state index contributed by atoms with van der Waals surface area (Å²) in [5, 5.41) is 9.22. The molecule has 0 radical (unpaired) electrons. The predicted octanol–water partition coefficient (Wildman–Crippen LogP) is 0.960. The number of carbonyl (C=O) groups is 1. The average Bonchev–Trinajstić information content (AvgIpc) is 2.90. The molecule has 4 heteroatoms. The van der Waals surface area contributed by atoms with Crippen LogP contribution in [0.1, 0.15) is 25.7 Å². The first-order chi connectivity index (χ1) is 7.75. The molecule has 0 spiro atoms. The maximum atomic E-state index is 11.2. The summed E-state index contributed by atoms with van der Waals surface area (Å²) in [7, 11) is 0. The van der Waals surface area contributed by atoms with Gasteiger partial charge < -0.3 is 9.84 Å². The molecule has 3 aliphatic rings. The summed E-state index contributed by atoms with van der Waals surface area (Å²) in [6.45, 7) is 1.85. The van der Waals surface area contributed by atoms with Crippen LogP contribution in [0.4, 0.5) is 0 Å². The fourth-order valence-electron chi connectivity index (χ4n) is 3.84. The number of aliphatic carboxylic acids is 1. The molecule has 3 fully saturated rings. The summed E-state index contributed by atoms with van der Waals surface area (Å²) < 4.78 is 5.29. The molecule has 0 aromatic rings. The van der Waals surface area contributed by atoms with Gasteiger partial charge in [-0.15, -0.1) is 0 Å². The molecule has 1 aliphatic heterocycles. The second kappa shape index (κ2) is 4.00. The summed E-state index contributed by atoms with van der Waals surface area (Å²) in [4.78, 5) is 13.4. The first kappa shape index (κ1) is 10.5. The van der Waals surface area contributed by atoms with Crippen molar-refractivity contribution >= 4 is 5.97 Å². The zero-order valence-electron chi connectivity index (χ0n) is 9.47. The second-order valence-corrected chi connectivity index (χ2v) is 5.41. The Morgan fingerprint density at radius 3 is 2.81 bits per heavy atom. The molecule has 4 atom stereocenters. The van der Waals surface area contributed by atoms with Gasteiger partial charge in [-0.05, 0) is 31.1 Å². The molecule has 1 heterocycles. The molecule has 0 aromatic heterocycles. The molecule has 0 aromatic carbocycles. The molecule has 1 N–H and O–H groups in total. The Balaban J connectivity index is 1.74. The number of carboxylic acid groups (broad SMARTS) is 1. The topological polar surface area (TPSA) is 49.8 Å². The summed E-state index contributed by atoms with van der Waals surface area (Å²) in [5.41, 5.74) is 0. The third-order valence-corrected chi connectivity index (χ3v) is 4.58. The fourth-order valence-corrected chi connectivity index (χ4v) is 3.84. The Kier molecular flexibility index (Phi) is 2.64. The van der Waals surface area contributed by atoms with Gasteiger partial charge in [-0.3, -0.25) is 9.69 Å². The van der Waals surface area contributed by atoms with E-state index in [4.69, 9.17) is 4.74 Å². The minimum atomic E-state index is -0.720. The molecule has 2 aliphatic carbocycles. The van der Waals surface area contributed by atoms with Gasteiger partial charge in [0.15, 0.2) is 0 Å². The van der Waals surface area contributed by atoms with Gasteiger partial charge in [0.25, 0.3) is 0 Å². The summed E-state index contributed by atoms with van der Waals surface area (Å²) in [5.74, 6) is 0.903. The normalized spacial score (nSPS) is 43.8. The summed E-state index contributed by atoms with van der Waals surface area (Å²) in [6, 6.07) is 0.113. The standard InChI is InChI=1S/C12H19NO3/c14-12(15)11-7-16-4-3-13(11)10-6-8-1-2-9(10)5-8/h8-11H,1-7H2,(H,14,15). The van der Waals surface area contributed by atoms with E-state index < -0.39 is 12.0 Å². The van der Waals surface area contributed by atoms with Crippen LogP contribution in [0.5, 0.6) is 0 Å². The van der Waals surface area contributed by atoms with E-state index in [1.54, 1.807) is 0 Å². The van der Waals surface area contributed by atoms with E-state index in [1.165, 1.54) is 25.7 Å². The van der Waals surface area contributed by atoms with Crippen LogP contribution >= 0.6 is 0 Å². The lowest BCUT2D eigenvalue weighted by Gasteiger charge is -2.40. The van der Waals surface area contributed by atoms with Crippen LogP contribution < -0.4 is 0 Å². The van der Waals surface area contributed by atoms with Gasteiger partial charge >= 0.3 is 5.97 Å². The number of morpholine rings is 1. The van der Waals surface area contributed by atoms with Crippen molar-refractivity contribution < 1.29 is 14.6 Å². The highest BCUT2D eigenvalue weighted by Gasteiger charge is 2.45. The van der Waals surface area contributed by atoms with Gasteiger partial charge in [-0.1, -0.05) is 6.42 Å². The average molecular weight is 225 g/mol. The van der Waals surface area contributed by atoms with Crippen molar-refractivity contribution in [3.8, 4) is 0 Å². The van der Waals surface area contributed by atoms with Gasteiger partial charge in [-0.2, -0.15) is 0 Å². The Bertz CT molecular complexity index is 294. The van der Waals surface area contributed by atoms with Crippen molar-refractivity contribution in [3.05, 3.63) is 0 Å². The van der Waals surface area contributed by atoms with E-state index >= 15 is 0 Å². The largest absolute Gasteiger partial charge is 0.480 e. The van der Waals surface area contributed by atoms with Gasteiger partial charge in [0.1, 0.15) is 6.04 Å². The highest BCUT2D eigenvalue weighted by Crippen LogP contribution is 2.47. The maximum absolute atomic E-state index is 11.2. The SMILES string of the molecule is O=C(O)C1COCCN1C1CC2CCC1C2. The van der Waals surface area contributed by atoms with Crippen molar-refractivity contribution in [2.75, 3.05) is 19.8 Å². The summed E-state index contributed by atoms with van der Waals surface area (Å²) in [6.07, 6.45) is 5.21. The molecular formula is C12H19NO3. The molecule has 2 saturated carbocycles. The van der Waals surface area contributed by atoms with E-state index in [1.807, 2.05) is 0 Å². The van der Waals surface area contributed by atoms with Crippen LogP contribution in [0.2, 0.25) is 0 Å². The van der Waals surface area contributed by atoms with Crippen molar-refractivity contribution in [3.63, 3.8) is 0 Å². The number of hydrogen-bond acceptors (Lipinski definition) is 3. The predicted molar refractivity (Wildman–Crippen MR) is 58.2 cm³/mol. The van der Waals surface area contributed by atoms with E-state index in [0.29, 0.717) is 19.3 Å². The minimum Gasteiger partial charge on any atom is -0.480 e. The third-order valence-electron chi connectivity index (χ3n) is 4.58. The van der Waals surface area contributed by atoms with Crippen molar-refractivity contribution in [1.82, 2.24) is 4.90 Å². The molecule has 1 saturated heterocycles. The van der Waals surface area contributed by atoms with Gasteiger partial charge in [0.05, 0.1) is 13.2 Å². The molecule has 16 heavy (non-hydrogen) atoms. The molecule has 3 rings (SSSR count). The summed E-state index contributed by atoms with van der Waals surface area (Å²) >= 11 is 0. The number of nitrogens with zero attached hydrogens (tertiary/aromatic N) is 1. The lowest BCUT2D eigenvalue weighted by molar-refractivity contribution is -0.152. The Morgan fingerprint density at radius 1 is 1.31 bits per heavy atom. The lowest BCUT2D eigenvalue weighted by atomic mass is 9.92. The number of rotatable bonds is 2. The zero-order valence-corrected chi connectivity index (χ0v) is 9.47. The van der Waals surface area contributed by atoms with Gasteiger partial charge in [0.2, 0.25) is 0 Å². The lowest BCUT2D eigenvalue weighted by Crippen LogP contribution is -2.55. The second-order valence-electron chi connectivity index (χ2n) is 5.41. The number of fused-ring (bicyclic) bond motifs is 2. The Hall–Kier alpha value is -0.610. The Morgan fingerprint density at radius 2 is 2.19 bits per heavy atom. The van der Waals surface area contributed by atoms with E-state index in [0.717, 1.165) is 18.4 Å². The van der Waals surface area contributed by atoms with Crippen molar-refractivity contribution in [2.45, 2.75) is 37.8 Å². The molecule has 4 unspecified atom stereocenters. The van der Waals surface area contributed by atoms with Crippen molar-refractivity contribution in [1.29, 1.82) is 0 Å². The molecule has 4 nitrogen and oxygen atoms in total. The molecule has 0 amide bonds. The van der Waals surface area contributed by atoms with E-state index in [9.17, 15) is 9.90 Å². The zero-order chi connectivity index (χ0) is 11.1. The van der Waals surface area contributed by atoms with Gasteiger partial charge in [0, 0.05) is 12.6 Å². The number of hydrogen-bond donors (Lipinski definition) is 1. The van der Waals surface area contributed by atoms with Crippen LogP contribution in [-0.4, -0.2) is 47.8 Å². The molecular weight excluding hydrogens is 206 g/mol. The van der Waals surface area contributed by atoms with Crippen LogP contribution in [-0.2, 0) is 9.53 Å². The molecule has 2 bridgehead atoms. The third kappa shape index (κ3) is 1.64.